The van der Waals surface area contributed by atoms with Crippen LogP contribution in [-0.2, 0) is 16.1 Å². The summed E-state index contributed by atoms with van der Waals surface area (Å²) in [7, 11) is 0. The molecule has 2 atom stereocenters. The van der Waals surface area contributed by atoms with Gasteiger partial charge in [0.25, 0.3) is 0 Å². The Kier molecular flexibility index (Phi) is 12.5. The number of carboxylic acid groups (broad SMARTS) is 1. The molecule has 0 unspecified atom stereocenters. The molecule has 0 amide bonds. The van der Waals surface area contributed by atoms with Crippen molar-refractivity contribution >= 4 is 5.97 Å². The van der Waals surface area contributed by atoms with Crippen LogP contribution in [0.5, 0.6) is 11.6 Å². The predicted octanol–water partition coefficient (Wildman–Crippen LogP) is -0.271. The first-order chi connectivity index (χ1) is 17.3. The molecule has 0 radical (unpaired) electrons. The molecule has 192 valence electrons. The standard InChI is InChI=1S/C27H30FNO7.Na/c1-3-34-25(13-27(32)33)19-5-7-21(8-6-19)35-15-18-4-10-24(28)23(12-18)22-9-11-26(29-17(22)2)36-16-20(31)14-30;/h4-12,20,25,30-31H,3,13-16H2,1-2H3,(H,32,33);/q;+1/p-1/t20-,25-;/m0./s1. The second-order valence-electron chi connectivity index (χ2n) is 8.12. The molecule has 2 N–H and O–H groups in total. The van der Waals surface area contributed by atoms with E-state index in [1.807, 2.05) is 0 Å². The number of carbonyl (C=O) groups is 1. The third-order valence-electron chi connectivity index (χ3n) is 5.39. The van der Waals surface area contributed by atoms with E-state index in [1.54, 1.807) is 62.4 Å². The Bertz CT molecular complexity index is 1160. The zero-order valence-electron chi connectivity index (χ0n) is 21.1. The van der Waals surface area contributed by atoms with Crippen molar-refractivity contribution in [1.29, 1.82) is 0 Å². The molecule has 1 heterocycles. The summed E-state index contributed by atoms with van der Waals surface area (Å²) < 4.78 is 31.3. The van der Waals surface area contributed by atoms with Crippen molar-refractivity contribution in [2.24, 2.45) is 0 Å². The molecule has 0 saturated heterocycles. The van der Waals surface area contributed by atoms with Gasteiger partial charge in [-0.05, 0) is 55.3 Å². The van der Waals surface area contributed by atoms with Gasteiger partial charge >= 0.3 is 29.6 Å². The van der Waals surface area contributed by atoms with Crippen molar-refractivity contribution < 1.29 is 68.3 Å². The van der Waals surface area contributed by atoms with Gasteiger partial charge in [0.2, 0.25) is 5.88 Å². The van der Waals surface area contributed by atoms with Crippen LogP contribution >= 0.6 is 0 Å². The molecule has 0 fully saturated rings. The van der Waals surface area contributed by atoms with Crippen LogP contribution in [0.15, 0.2) is 54.6 Å². The number of aromatic nitrogens is 1. The Morgan fingerprint density at radius 3 is 2.43 bits per heavy atom. The summed E-state index contributed by atoms with van der Waals surface area (Å²) in [6.07, 6.45) is -1.84. The van der Waals surface area contributed by atoms with Gasteiger partial charge in [0, 0.05) is 41.9 Å². The first kappa shape index (κ1) is 30.7. The number of pyridine rings is 1. The number of carbonyl (C=O) groups excluding carboxylic acids is 1. The topological polar surface area (TPSA) is 121 Å². The van der Waals surface area contributed by atoms with Crippen molar-refractivity contribution in [3.05, 3.63) is 77.2 Å². The van der Waals surface area contributed by atoms with E-state index >= 15 is 0 Å². The summed E-state index contributed by atoms with van der Waals surface area (Å²) in [5.74, 6) is -0.766. The molecule has 1 aromatic heterocycles. The molecule has 0 saturated carbocycles. The number of aryl methyl sites for hydroxylation is 1. The Labute approximate surface area is 237 Å². The zero-order valence-corrected chi connectivity index (χ0v) is 23.1. The molecule has 10 heteroatoms. The number of hydrogen-bond acceptors (Lipinski definition) is 8. The van der Waals surface area contributed by atoms with Crippen molar-refractivity contribution in [2.75, 3.05) is 19.8 Å². The maximum Gasteiger partial charge on any atom is 1.00 e. The number of aliphatic hydroxyl groups excluding tert-OH is 2. The van der Waals surface area contributed by atoms with E-state index in [0.717, 1.165) is 5.56 Å². The minimum atomic E-state index is -1.19. The fourth-order valence-electron chi connectivity index (χ4n) is 3.58. The molecule has 3 aromatic rings. The second-order valence-corrected chi connectivity index (χ2v) is 8.12. The van der Waals surface area contributed by atoms with E-state index in [1.165, 1.54) is 6.07 Å². The smallest absolute Gasteiger partial charge is 0.550 e. The van der Waals surface area contributed by atoms with Crippen LogP contribution in [-0.4, -0.2) is 47.1 Å². The Morgan fingerprint density at radius 1 is 1.08 bits per heavy atom. The molecule has 8 nitrogen and oxygen atoms in total. The normalized spacial score (nSPS) is 12.4. The van der Waals surface area contributed by atoms with Gasteiger partial charge in [-0.15, -0.1) is 0 Å². The second kappa shape index (κ2) is 15.0. The third-order valence-corrected chi connectivity index (χ3v) is 5.39. The van der Waals surface area contributed by atoms with E-state index < -0.39 is 30.6 Å². The van der Waals surface area contributed by atoms with Gasteiger partial charge in [-0.2, -0.15) is 0 Å². The number of nitrogens with zero attached hydrogens (tertiary/aromatic N) is 1. The van der Waals surface area contributed by atoms with E-state index in [-0.39, 0.29) is 55.1 Å². The largest absolute Gasteiger partial charge is 1.00 e. The molecular formula is C27H29FNNaO7. The maximum absolute atomic E-state index is 14.7. The summed E-state index contributed by atoms with van der Waals surface area (Å²) in [5, 5.41) is 29.3. The van der Waals surface area contributed by atoms with E-state index in [0.29, 0.717) is 34.7 Å². The quantitative estimate of drug-likeness (QED) is 0.295. The summed E-state index contributed by atoms with van der Waals surface area (Å²) >= 11 is 0. The molecule has 3 rings (SSSR count). The number of aliphatic carboxylic acids is 1. The number of benzene rings is 2. The van der Waals surface area contributed by atoms with Gasteiger partial charge in [0.15, 0.2) is 0 Å². The van der Waals surface area contributed by atoms with Crippen molar-refractivity contribution in [3.63, 3.8) is 0 Å². The van der Waals surface area contributed by atoms with Gasteiger partial charge in [-0.3, -0.25) is 0 Å². The van der Waals surface area contributed by atoms with Crippen molar-refractivity contribution in [3.8, 4) is 22.8 Å². The number of ether oxygens (including phenoxy) is 3. The zero-order chi connectivity index (χ0) is 26.1. The molecule has 0 aliphatic rings. The number of carboxylic acids is 1. The fourth-order valence-corrected chi connectivity index (χ4v) is 3.58. The van der Waals surface area contributed by atoms with Gasteiger partial charge in [-0.1, -0.05) is 18.2 Å². The summed E-state index contributed by atoms with van der Waals surface area (Å²) in [6.45, 7) is 3.56. The van der Waals surface area contributed by atoms with Crippen LogP contribution in [0.1, 0.15) is 36.3 Å². The number of rotatable bonds is 13. The minimum Gasteiger partial charge on any atom is -0.550 e. The average molecular weight is 522 g/mol. The maximum atomic E-state index is 14.7. The molecule has 37 heavy (non-hydrogen) atoms. The van der Waals surface area contributed by atoms with Crippen LogP contribution in [0, 0.1) is 12.7 Å². The van der Waals surface area contributed by atoms with Crippen LogP contribution in [0.25, 0.3) is 11.1 Å². The van der Waals surface area contributed by atoms with Crippen LogP contribution in [0.3, 0.4) is 0 Å². The monoisotopic (exact) mass is 521 g/mol. The summed E-state index contributed by atoms with van der Waals surface area (Å²) in [5.41, 5.74) is 2.94. The summed E-state index contributed by atoms with van der Waals surface area (Å²) in [6, 6.07) is 14.9. The van der Waals surface area contributed by atoms with Gasteiger partial charge in [0.1, 0.15) is 30.9 Å². The molecular weight excluding hydrogens is 492 g/mol. The molecule has 0 bridgehead atoms. The summed E-state index contributed by atoms with van der Waals surface area (Å²) in [4.78, 5) is 15.3. The SMILES string of the molecule is CCO[C@@H](CC(=O)[O-])c1ccc(OCc2ccc(F)c(-c3ccc(OC[C@@H](O)CO)nc3C)c2)cc1.[Na+]. The number of halogens is 1. The Balaban J connectivity index is 0.00000481. The van der Waals surface area contributed by atoms with Gasteiger partial charge in [-0.25, -0.2) is 9.37 Å². The van der Waals surface area contributed by atoms with Gasteiger partial charge in [0.05, 0.1) is 12.7 Å². The molecule has 0 spiro atoms. The fraction of sp³-hybridized carbons (Fsp3) is 0.333. The first-order valence-corrected chi connectivity index (χ1v) is 11.5. The number of hydrogen-bond donors (Lipinski definition) is 2. The molecule has 2 aromatic carbocycles. The predicted molar refractivity (Wildman–Crippen MR) is 128 cm³/mol. The average Bonchev–Trinajstić information content (AvgIpc) is 2.87. The number of aliphatic hydroxyl groups is 2. The van der Waals surface area contributed by atoms with Crippen molar-refractivity contribution in [2.45, 2.75) is 39.1 Å². The molecule has 0 aliphatic carbocycles. The van der Waals surface area contributed by atoms with E-state index in [9.17, 15) is 19.4 Å². The van der Waals surface area contributed by atoms with Crippen LogP contribution in [0.4, 0.5) is 4.39 Å². The molecule has 0 aliphatic heterocycles. The van der Waals surface area contributed by atoms with Crippen molar-refractivity contribution in [1.82, 2.24) is 4.98 Å². The van der Waals surface area contributed by atoms with Crippen LogP contribution < -0.4 is 44.1 Å². The first-order valence-electron chi connectivity index (χ1n) is 11.5. The third kappa shape index (κ3) is 9.07. The van der Waals surface area contributed by atoms with Crippen LogP contribution in [0.2, 0.25) is 0 Å². The Morgan fingerprint density at radius 2 is 1.81 bits per heavy atom. The van der Waals surface area contributed by atoms with E-state index in [2.05, 4.69) is 4.98 Å². The van der Waals surface area contributed by atoms with E-state index in [4.69, 9.17) is 19.3 Å². The Hall–Kier alpha value is -2.53. The van der Waals surface area contributed by atoms with Gasteiger partial charge < -0.3 is 34.3 Å². The minimum absolute atomic E-state index is 0.